The first-order valence-corrected chi connectivity index (χ1v) is 27.2. The molecule has 74 heavy (non-hydrogen) atoms. The van der Waals surface area contributed by atoms with Gasteiger partial charge in [-0.25, -0.2) is 0 Å². The minimum Gasteiger partial charge on any atom is -0.432 e. The van der Waals surface area contributed by atoms with Crippen LogP contribution in [0.2, 0.25) is 0 Å². The number of hydrogen-bond donors (Lipinski definition) is 12. The molecule has 2 spiro atoms. The van der Waals surface area contributed by atoms with Gasteiger partial charge in [0.2, 0.25) is 6.29 Å². The Morgan fingerprint density at radius 1 is 0.608 bits per heavy atom. The lowest BCUT2D eigenvalue weighted by atomic mass is 9.41. The van der Waals surface area contributed by atoms with Gasteiger partial charge in [0.15, 0.2) is 18.9 Å². The van der Waals surface area contributed by atoms with E-state index in [9.17, 15) is 61.3 Å². The third kappa shape index (κ3) is 8.90. The van der Waals surface area contributed by atoms with Crippen molar-refractivity contribution in [3.05, 3.63) is 11.6 Å². The fourth-order valence-corrected chi connectivity index (χ4v) is 16.8. The van der Waals surface area contributed by atoms with E-state index in [1.54, 1.807) is 6.92 Å². The Labute approximate surface area is 433 Å². The van der Waals surface area contributed by atoms with Crippen LogP contribution in [-0.2, 0) is 42.7 Å². The van der Waals surface area contributed by atoms with Crippen molar-refractivity contribution in [3.8, 4) is 0 Å². The second-order valence-corrected chi connectivity index (χ2v) is 25.0. The highest BCUT2D eigenvalue weighted by atomic mass is 16.8. The Hall–Kier alpha value is -1.55. The SMILES string of the molecule is CC(C)=CCCC(C)C1C(OC2OC(CO)C(O)C2O)CC2(C)C3CCC4C(C)(C(=O)OC5OC(C)C(O)C(O)C5O)C(OC5OC(C)C(O)C(O)C5OC5OC(CO)C(O)C(O)C5O)CCC45CC35CCC12C. The van der Waals surface area contributed by atoms with Gasteiger partial charge in [-0.1, -0.05) is 32.4 Å². The second-order valence-electron chi connectivity index (χ2n) is 25.0. The van der Waals surface area contributed by atoms with Gasteiger partial charge in [-0.2, -0.15) is 0 Å². The molecule has 9 aliphatic rings. The largest absolute Gasteiger partial charge is 0.432 e. The highest BCUT2D eigenvalue weighted by Crippen LogP contribution is 2.89. The van der Waals surface area contributed by atoms with E-state index < -0.39 is 159 Å². The first-order chi connectivity index (χ1) is 34.8. The molecule has 30 unspecified atom stereocenters. The van der Waals surface area contributed by atoms with Crippen LogP contribution in [0, 0.1) is 50.7 Å². The lowest BCUT2D eigenvalue weighted by molar-refractivity contribution is -0.374. The quantitative estimate of drug-likeness (QED) is 0.0600. The summed E-state index contributed by atoms with van der Waals surface area (Å²) in [5.41, 5.74) is -1.54. The first-order valence-electron chi connectivity index (χ1n) is 27.2. The van der Waals surface area contributed by atoms with Gasteiger partial charge < -0.3 is 99.2 Å². The molecule has 5 aliphatic carbocycles. The van der Waals surface area contributed by atoms with Crippen molar-refractivity contribution in [2.75, 3.05) is 13.2 Å². The predicted molar refractivity (Wildman–Crippen MR) is 255 cm³/mol. The molecule has 9 fully saturated rings. The maximum absolute atomic E-state index is 15.4. The predicted octanol–water partition coefficient (Wildman–Crippen LogP) is -0.370. The van der Waals surface area contributed by atoms with Gasteiger partial charge in [-0.3, -0.25) is 4.79 Å². The molecule has 0 aromatic carbocycles. The van der Waals surface area contributed by atoms with E-state index in [4.69, 9.17) is 37.9 Å². The van der Waals surface area contributed by atoms with Crippen LogP contribution in [0.25, 0.3) is 0 Å². The normalized spacial score (nSPS) is 55.3. The van der Waals surface area contributed by atoms with Crippen LogP contribution in [0.15, 0.2) is 11.6 Å². The Balaban J connectivity index is 1.04. The van der Waals surface area contributed by atoms with Crippen molar-refractivity contribution in [1.82, 2.24) is 0 Å². The second kappa shape index (κ2) is 20.8. The Kier molecular flexibility index (Phi) is 16.1. The van der Waals surface area contributed by atoms with Gasteiger partial charge in [-0.05, 0) is 144 Å². The minimum absolute atomic E-state index is 0.0383. The summed E-state index contributed by atoms with van der Waals surface area (Å²) in [6.45, 7) is 14.7. The number of rotatable bonds is 14. The molecule has 0 bridgehead atoms. The molecule has 0 aromatic rings. The Morgan fingerprint density at radius 2 is 1.15 bits per heavy atom. The van der Waals surface area contributed by atoms with Crippen molar-refractivity contribution < 1.29 is 104 Å². The van der Waals surface area contributed by atoms with E-state index in [0.717, 1.165) is 32.1 Å². The lowest BCUT2D eigenvalue weighted by Gasteiger charge is -2.63. The standard InChI is InChI=1S/C53H86O21/c1-22(2)10-9-11-23(3)32-26(69-45-40(63)36(59)28(20-55)70-45)18-50(7)29-12-13-30-51(8,48(66)74-44-41(64)37(60)33(56)24(4)67-44)31(14-15-52(30)21-53(29,52)17-16-49(32,50)6)72-47-43(39(62)34(57)25(5)68-47)73-46-42(65)38(61)35(58)27(19-54)71-46/h10,23-47,54-65H,9,11-21H2,1-8H3. The highest BCUT2D eigenvalue weighted by Gasteiger charge is 2.84. The zero-order valence-electron chi connectivity index (χ0n) is 44.0. The molecule has 0 radical (unpaired) electrons. The van der Waals surface area contributed by atoms with Crippen molar-refractivity contribution in [2.45, 2.75) is 249 Å². The van der Waals surface area contributed by atoms with E-state index in [1.165, 1.54) is 19.4 Å². The smallest absolute Gasteiger partial charge is 0.317 e. The summed E-state index contributed by atoms with van der Waals surface area (Å²) < 4.78 is 49.6. The van der Waals surface area contributed by atoms with Crippen molar-refractivity contribution in [1.29, 1.82) is 0 Å². The molecule has 0 aromatic heterocycles. The molecule has 5 saturated carbocycles. The molecular weight excluding hydrogens is 973 g/mol. The molecule has 424 valence electrons. The monoisotopic (exact) mass is 1060 g/mol. The fourth-order valence-electron chi connectivity index (χ4n) is 16.8. The molecule has 21 heteroatoms. The van der Waals surface area contributed by atoms with Crippen molar-refractivity contribution in [2.24, 2.45) is 50.7 Å². The summed E-state index contributed by atoms with van der Waals surface area (Å²) in [5, 5.41) is 129. The zero-order valence-corrected chi connectivity index (χ0v) is 44.0. The van der Waals surface area contributed by atoms with Gasteiger partial charge in [0.05, 0.1) is 43.0 Å². The van der Waals surface area contributed by atoms with Crippen LogP contribution in [-0.4, -0.2) is 209 Å². The summed E-state index contributed by atoms with van der Waals surface area (Å²) in [5.74, 6) is -0.817. The van der Waals surface area contributed by atoms with Gasteiger partial charge >= 0.3 is 5.97 Å². The Morgan fingerprint density at radius 3 is 1.78 bits per heavy atom. The molecule has 4 saturated heterocycles. The lowest BCUT2D eigenvalue weighted by Crippen LogP contribution is -2.66. The molecule has 21 nitrogen and oxygen atoms in total. The van der Waals surface area contributed by atoms with Crippen molar-refractivity contribution >= 4 is 5.97 Å². The Bertz CT molecular complexity index is 2030. The number of aliphatic hydroxyl groups is 12. The van der Waals surface area contributed by atoms with Crippen LogP contribution < -0.4 is 0 Å². The maximum Gasteiger partial charge on any atom is 0.317 e. The van der Waals surface area contributed by atoms with Crippen molar-refractivity contribution in [3.63, 3.8) is 0 Å². The number of hydrogen-bond acceptors (Lipinski definition) is 21. The van der Waals surface area contributed by atoms with Gasteiger partial charge in [0.25, 0.3) is 0 Å². The average Bonchev–Trinajstić information content (AvgIpc) is 3.88. The average molecular weight is 1060 g/mol. The molecule has 4 aliphatic heterocycles. The van der Waals surface area contributed by atoms with Crippen LogP contribution in [0.3, 0.4) is 0 Å². The topological polar surface area (TPSA) is 334 Å². The molecular formula is C53H86O21. The van der Waals surface area contributed by atoms with Crippen LogP contribution in [0.4, 0.5) is 0 Å². The number of aliphatic hydroxyl groups excluding tert-OH is 12. The van der Waals surface area contributed by atoms with Crippen LogP contribution >= 0.6 is 0 Å². The molecule has 0 amide bonds. The summed E-state index contributed by atoms with van der Waals surface area (Å²) in [6.07, 6.45) is -20.5. The number of ether oxygens (including phenoxy) is 8. The summed E-state index contributed by atoms with van der Waals surface area (Å²) >= 11 is 0. The number of esters is 1. The fraction of sp³-hybridized carbons (Fsp3) is 0.943. The summed E-state index contributed by atoms with van der Waals surface area (Å²) in [7, 11) is 0. The van der Waals surface area contributed by atoms with E-state index in [1.807, 2.05) is 0 Å². The van der Waals surface area contributed by atoms with E-state index in [-0.39, 0.29) is 46.5 Å². The number of fused-ring (bicyclic) bond motifs is 2. The number of carbonyl (C=O) groups excluding carboxylic acids is 1. The molecule has 4 heterocycles. The summed E-state index contributed by atoms with van der Waals surface area (Å²) in [6, 6.07) is 0. The maximum atomic E-state index is 15.4. The minimum atomic E-state index is -1.87. The molecule has 12 N–H and O–H groups in total. The van der Waals surface area contributed by atoms with Crippen LogP contribution in [0.5, 0.6) is 0 Å². The first kappa shape index (κ1) is 57.1. The summed E-state index contributed by atoms with van der Waals surface area (Å²) in [4.78, 5) is 15.4. The van der Waals surface area contributed by atoms with Gasteiger partial charge in [0, 0.05) is 0 Å². The van der Waals surface area contributed by atoms with E-state index in [2.05, 4.69) is 40.7 Å². The van der Waals surface area contributed by atoms with Gasteiger partial charge in [0.1, 0.15) is 79.4 Å². The number of carbonyl (C=O) groups is 1. The van der Waals surface area contributed by atoms with E-state index in [0.29, 0.717) is 25.7 Å². The zero-order chi connectivity index (χ0) is 53.9. The van der Waals surface area contributed by atoms with Gasteiger partial charge in [-0.15, -0.1) is 0 Å². The molecule has 30 atom stereocenters. The third-order valence-electron chi connectivity index (χ3n) is 21.0. The number of allylic oxidation sites excluding steroid dienone is 2. The highest BCUT2D eigenvalue weighted by molar-refractivity contribution is 5.78. The van der Waals surface area contributed by atoms with Crippen LogP contribution in [0.1, 0.15) is 120 Å². The van der Waals surface area contributed by atoms with E-state index >= 15 is 4.79 Å². The third-order valence-corrected chi connectivity index (χ3v) is 21.0. The molecule has 9 rings (SSSR count).